The van der Waals surface area contributed by atoms with Crippen LogP contribution in [0.25, 0.3) is 0 Å². The minimum Gasteiger partial charge on any atom is -0.276 e. The van der Waals surface area contributed by atoms with Gasteiger partial charge in [-0.1, -0.05) is 77.2 Å². The first-order chi connectivity index (χ1) is 8.77. The van der Waals surface area contributed by atoms with E-state index in [0.717, 1.165) is 6.42 Å². The van der Waals surface area contributed by atoms with E-state index < -0.39 is 0 Å². The van der Waals surface area contributed by atoms with Gasteiger partial charge in [-0.15, -0.1) is 0 Å². The molecule has 0 fully saturated rings. The molecular weight excluding hydrogens is 244 g/mol. The molecule has 0 atom stereocenters. The van der Waals surface area contributed by atoms with Crippen LogP contribution in [0.3, 0.4) is 0 Å². The zero-order valence-corrected chi connectivity index (χ0v) is 12.7. The van der Waals surface area contributed by atoms with E-state index in [9.17, 15) is 4.79 Å². The Kier molecular flexibility index (Phi) is 14.5. The van der Waals surface area contributed by atoms with Crippen LogP contribution in [0.2, 0.25) is 0 Å². The Labute approximate surface area is 118 Å². The van der Waals surface area contributed by atoms with Crippen LogP contribution in [-0.4, -0.2) is 5.24 Å². The minimum atomic E-state index is -0.363. The summed E-state index contributed by atoms with van der Waals surface area (Å²) in [5, 5.41) is -0.363. The summed E-state index contributed by atoms with van der Waals surface area (Å²) >= 11 is 5.19. The molecule has 0 aliphatic heterocycles. The van der Waals surface area contributed by atoms with Gasteiger partial charge < -0.3 is 0 Å². The summed E-state index contributed by atoms with van der Waals surface area (Å²) in [5.74, 6) is 0. The molecule has 0 aromatic carbocycles. The Morgan fingerprint density at radius 1 is 0.833 bits per heavy atom. The van der Waals surface area contributed by atoms with E-state index in [0.29, 0.717) is 0 Å². The fourth-order valence-corrected chi connectivity index (χ4v) is 2.19. The van der Waals surface area contributed by atoms with Crippen molar-refractivity contribution in [1.82, 2.24) is 0 Å². The van der Waals surface area contributed by atoms with E-state index in [2.05, 4.69) is 6.92 Å². The molecule has 0 rings (SSSR count). The van der Waals surface area contributed by atoms with Crippen molar-refractivity contribution in [3.63, 3.8) is 0 Å². The molecule has 0 heterocycles. The minimum absolute atomic E-state index is 0.363. The van der Waals surface area contributed by atoms with Crippen LogP contribution in [0.1, 0.15) is 84.0 Å². The first kappa shape index (κ1) is 17.7. The van der Waals surface area contributed by atoms with Gasteiger partial charge in [0.05, 0.1) is 0 Å². The van der Waals surface area contributed by atoms with Gasteiger partial charge in [0.15, 0.2) is 0 Å². The fourth-order valence-electron chi connectivity index (χ4n) is 2.10. The second-order valence-electron chi connectivity index (χ2n) is 5.03. The lowest BCUT2D eigenvalue weighted by Crippen LogP contribution is -1.82. The van der Waals surface area contributed by atoms with Gasteiger partial charge in [0, 0.05) is 0 Å². The summed E-state index contributed by atoms with van der Waals surface area (Å²) in [6.07, 6.45) is 19.3. The summed E-state index contributed by atoms with van der Waals surface area (Å²) in [7, 11) is 0. The Hall–Kier alpha value is -0.300. The van der Waals surface area contributed by atoms with E-state index in [4.69, 9.17) is 11.6 Å². The number of carbonyl (C=O) groups excluding carboxylic acids is 1. The average Bonchev–Trinajstić information content (AvgIpc) is 2.34. The Bertz CT molecular complexity index is 211. The number of unbranched alkanes of at least 4 members (excludes halogenated alkanes) is 11. The quantitative estimate of drug-likeness (QED) is 0.228. The van der Waals surface area contributed by atoms with E-state index in [1.165, 1.54) is 76.7 Å². The van der Waals surface area contributed by atoms with Gasteiger partial charge in [0.1, 0.15) is 0 Å². The highest BCUT2D eigenvalue weighted by Crippen LogP contribution is 2.11. The molecule has 0 aliphatic rings. The monoisotopic (exact) mass is 272 g/mol. The second-order valence-corrected chi connectivity index (χ2v) is 5.40. The fraction of sp³-hybridized carbons (Fsp3) is 0.812. The molecule has 0 unspecified atom stereocenters. The standard InChI is InChI=1S/C16H29ClO/c1-2-3-4-5-6-7-8-9-10-11-12-13-14-15-16(17)18/h14-15H,2-13H2,1H3. The molecule has 0 amide bonds. The van der Waals surface area contributed by atoms with Gasteiger partial charge in [-0.25, -0.2) is 0 Å². The first-order valence-corrected chi connectivity index (χ1v) is 8.01. The van der Waals surface area contributed by atoms with Crippen molar-refractivity contribution in [2.75, 3.05) is 0 Å². The zero-order chi connectivity index (χ0) is 13.5. The van der Waals surface area contributed by atoms with Gasteiger partial charge >= 0.3 is 0 Å². The van der Waals surface area contributed by atoms with Crippen molar-refractivity contribution in [2.24, 2.45) is 0 Å². The van der Waals surface area contributed by atoms with E-state index in [1.54, 1.807) is 0 Å². The SMILES string of the molecule is CCCCCCCCCCCCCC=CC(=O)Cl. The van der Waals surface area contributed by atoms with Crippen molar-refractivity contribution in [2.45, 2.75) is 84.0 Å². The smallest absolute Gasteiger partial charge is 0.244 e. The topological polar surface area (TPSA) is 17.1 Å². The lowest BCUT2D eigenvalue weighted by Gasteiger charge is -2.01. The summed E-state index contributed by atoms with van der Waals surface area (Å²) in [5.41, 5.74) is 0. The average molecular weight is 273 g/mol. The molecule has 0 N–H and O–H groups in total. The lowest BCUT2D eigenvalue weighted by molar-refractivity contribution is -0.107. The van der Waals surface area contributed by atoms with E-state index in [1.807, 2.05) is 6.08 Å². The van der Waals surface area contributed by atoms with Crippen LogP contribution in [0.15, 0.2) is 12.2 Å². The molecule has 0 radical (unpaired) electrons. The van der Waals surface area contributed by atoms with Crippen LogP contribution in [0, 0.1) is 0 Å². The Morgan fingerprint density at radius 2 is 1.28 bits per heavy atom. The summed E-state index contributed by atoms with van der Waals surface area (Å²) < 4.78 is 0. The van der Waals surface area contributed by atoms with Gasteiger partial charge in [-0.2, -0.15) is 0 Å². The van der Waals surface area contributed by atoms with Crippen LogP contribution >= 0.6 is 11.6 Å². The maximum Gasteiger partial charge on any atom is 0.244 e. The molecule has 0 aromatic rings. The van der Waals surface area contributed by atoms with Crippen molar-refractivity contribution < 1.29 is 4.79 Å². The molecule has 0 aromatic heterocycles. The zero-order valence-electron chi connectivity index (χ0n) is 11.9. The van der Waals surface area contributed by atoms with Crippen molar-refractivity contribution >= 4 is 16.8 Å². The van der Waals surface area contributed by atoms with E-state index >= 15 is 0 Å². The second kappa shape index (κ2) is 14.8. The molecule has 18 heavy (non-hydrogen) atoms. The van der Waals surface area contributed by atoms with Crippen molar-refractivity contribution in [1.29, 1.82) is 0 Å². The lowest BCUT2D eigenvalue weighted by atomic mass is 10.1. The third-order valence-electron chi connectivity index (χ3n) is 3.22. The molecule has 2 heteroatoms. The predicted molar refractivity (Wildman–Crippen MR) is 81.1 cm³/mol. The summed E-state index contributed by atoms with van der Waals surface area (Å²) in [6.45, 7) is 2.26. The predicted octanol–water partition coefficient (Wildman–Crippen LogP) is 6.01. The number of carbonyl (C=O) groups is 1. The Morgan fingerprint density at radius 3 is 1.72 bits per heavy atom. The van der Waals surface area contributed by atoms with Gasteiger partial charge in [0.25, 0.3) is 0 Å². The molecule has 0 aliphatic carbocycles. The number of rotatable bonds is 13. The van der Waals surface area contributed by atoms with Gasteiger partial charge in [-0.05, 0) is 30.5 Å². The number of allylic oxidation sites excluding steroid dienone is 2. The third kappa shape index (κ3) is 15.7. The summed E-state index contributed by atoms with van der Waals surface area (Å²) in [4.78, 5) is 10.4. The molecular formula is C16H29ClO. The molecule has 0 saturated heterocycles. The number of hydrogen-bond acceptors (Lipinski definition) is 1. The van der Waals surface area contributed by atoms with Crippen molar-refractivity contribution in [3.05, 3.63) is 12.2 Å². The maximum atomic E-state index is 10.4. The highest BCUT2D eigenvalue weighted by molar-refractivity contribution is 6.66. The Balaban J connectivity index is 3.01. The highest BCUT2D eigenvalue weighted by atomic mass is 35.5. The highest BCUT2D eigenvalue weighted by Gasteiger charge is 1.92. The molecule has 0 spiro atoms. The van der Waals surface area contributed by atoms with Crippen molar-refractivity contribution in [3.8, 4) is 0 Å². The van der Waals surface area contributed by atoms with Gasteiger partial charge in [-0.3, -0.25) is 4.79 Å². The molecule has 106 valence electrons. The molecule has 1 nitrogen and oxygen atoms in total. The molecule has 0 bridgehead atoms. The van der Waals surface area contributed by atoms with Crippen LogP contribution in [0.4, 0.5) is 0 Å². The van der Waals surface area contributed by atoms with Gasteiger partial charge in [0.2, 0.25) is 5.24 Å². The van der Waals surface area contributed by atoms with Crippen LogP contribution in [-0.2, 0) is 4.79 Å². The number of halogens is 1. The first-order valence-electron chi connectivity index (χ1n) is 7.63. The molecule has 0 saturated carbocycles. The summed E-state index contributed by atoms with van der Waals surface area (Å²) in [6, 6.07) is 0. The third-order valence-corrected chi connectivity index (χ3v) is 3.35. The maximum absolute atomic E-state index is 10.4. The van der Waals surface area contributed by atoms with E-state index in [-0.39, 0.29) is 5.24 Å². The number of hydrogen-bond donors (Lipinski definition) is 0. The van der Waals surface area contributed by atoms with Crippen LogP contribution < -0.4 is 0 Å². The normalized spacial score (nSPS) is 11.2. The van der Waals surface area contributed by atoms with Crippen LogP contribution in [0.5, 0.6) is 0 Å². The largest absolute Gasteiger partial charge is 0.276 e.